The van der Waals surface area contributed by atoms with Gasteiger partial charge in [-0.2, -0.15) is 0 Å². The first kappa shape index (κ1) is 44.8. The lowest BCUT2D eigenvalue weighted by molar-refractivity contribution is -0.144. The fraction of sp³-hybridized carbons (Fsp3) is 0.444. The summed E-state index contributed by atoms with van der Waals surface area (Å²) in [6, 6.07) is 22.5. The zero-order chi connectivity index (χ0) is 42.3. The molecule has 0 aromatic heterocycles. The number of halogens is 2. The van der Waals surface area contributed by atoms with E-state index >= 15 is 0 Å². The van der Waals surface area contributed by atoms with Gasteiger partial charge in [-0.15, -0.1) is 0 Å². The highest BCUT2D eigenvalue weighted by molar-refractivity contribution is 6.99. The summed E-state index contributed by atoms with van der Waals surface area (Å²) in [7, 11) is -2.94. The fourth-order valence-corrected chi connectivity index (χ4v) is 12.9. The number of nitrogens with zero attached hydrogens (tertiary/aromatic N) is 1. The molecule has 10 nitrogen and oxygen atoms in total. The number of rotatable bonds is 13. The number of allylic oxidation sites excluding steroid dienone is 2. The molecule has 1 unspecified atom stereocenters. The van der Waals surface area contributed by atoms with E-state index in [1.54, 1.807) is 38.1 Å². The van der Waals surface area contributed by atoms with E-state index in [0.717, 1.165) is 10.4 Å². The average Bonchev–Trinajstić information content (AvgIpc) is 3.70. The highest BCUT2D eigenvalue weighted by Crippen LogP contribution is 2.37. The summed E-state index contributed by atoms with van der Waals surface area (Å²) in [5.74, 6) is -1.93. The third-order valence-electron chi connectivity index (χ3n) is 11.4. The summed E-state index contributed by atoms with van der Waals surface area (Å²) in [6.45, 7) is 12.0. The molecule has 2 heterocycles. The topological polar surface area (TPSA) is 134 Å². The standard InChI is InChI=1S/C45H56Cl2N4O6Si/c1-7-45(6)43(56)49-37(29-31-25-26-34(46)35(47)28-31)42(55)51-27-17-23-38(51)41(54)48-36(40(53)50-45)22-15-10-16-24-39(52)30(2)57-58(44(3,4)5,32-18-11-8-12-19-32)33-20-13-9-14-21-33/h8-14,16,18-21,25-26,28,30,36-38H,7,15,17,22-24,27,29H2,1-6H3,(H,48,54)(H,49,56)(H,50,53)/t30-,36+,37?,38-,45+/m1/s1. The van der Waals surface area contributed by atoms with Crippen molar-refractivity contribution in [3.8, 4) is 0 Å². The van der Waals surface area contributed by atoms with Crippen LogP contribution < -0.4 is 26.3 Å². The molecule has 0 radical (unpaired) electrons. The van der Waals surface area contributed by atoms with Gasteiger partial charge in [-0.1, -0.05) is 130 Å². The Morgan fingerprint density at radius 2 is 1.55 bits per heavy atom. The molecular formula is C45H56Cl2N4O6Si. The molecule has 4 amide bonds. The zero-order valence-electron chi connectivity index (χ0n) is 34.3. The van der Waals surface area contributed by atoms with Crippen molar-refractivity contribution >= 4 is 71.3 Å². The lowest BCUT2D eigenvalue weighted by atomic mass is 9.94. The van der Waals surface area contributed by atoms with Crippen LogP contribution in [-0.4, -0.2) is 78.9 Å². The third kappa shape index (κ3) is 10.1. The summed E-state index contributed by atoms with van der Waals surface area (Å²) in [5.41, 5.74) is -0.706. The number of nitrogens with one attached hydrogen (secondary N) is 3. The predicted octanol–water partition coefficient (Wildman–Crippen LogP) is 6.06. The van der Waals surface area contributed by atoms with Gasteiger partial charge in [0, 0.05) is 19.4 Å². The maximum absolute atomic E-state index is 14.1. The number of Topliss-reactive ketones (excluding diaryl/α,β-unsaturated/α-hetero) is 1. The number of carbonyl (C=O) groups is 5. The van der Waals surface area contributed by atoms with Crippen molar-refractivity contribution in [2.45, 2.75) is 121 Å². The molecule has 2 aliphatic heterocycles. The summed E-state index contributed by atoms with van der Waals surface area (Å²) < 4.78 is 6.99. The Morgan fingerprint density at radius 3 is 2.14 bits per heavy atom. The van der Waals surface area contributed by atoms with E-state index in [1.807, 2.05) is 49.4 Å². The average molecular weight is 848 g/mol. The predicted molar refractivity (Wildman–Crippen MR) is 232 cm³/mol. The Bertz CT molecular complexity index is 1950. The van der Waals surface area contributed by atoms with Crippen molar-refractivity contribution in [2.24, 2.45) is 0 Å². The number of benzene rings is 3. The van der Waals surface area contributed by atoms with Crippen LogP contribution in [0.15, 0.2) is 91.0 Å². The number of carbonyl (C=O) groups excluding carboxylic acids is 5. The lowest BCUT2D eigenvalue weighted by Crippen LogP contribution is -2.68. The van der Waals surface area contributed by atoms with Gasteiger partial charge in [0.25, 0.3) is 8.32 Å². The summed E-state index contributed by atoms with van der Waals surface area (Å²) in [6.07, 6.45) is 4.96. The van der Waals surface area contributed by atoms with Gasteiger partial charge in [-0.3, -0.25) is 24.0 Å². The highest BCUT2D eigenvalue weighted by atomic mass is 35.5. The second-order valence-corrected chi connectivity index (χ2v) is 21.6. The number of hydrogen-bond acceptors (Lipinski definition) is 6. The highest BCUT2D eigenvalue weighted by Gasteiger charge is 2.51. The monoisotopic (exact) mass is 846 g/mol. The molecule has 2 saturated heterocycles. The first-order valence-electron chi connectivity index (χ1n) is 20.1. The van der Waals surface area contributed by atoms with E-state index in [-0.39, 0.29) is 42.4 Å². The molecular weight excluding hydrogens is 792 g/mol. The van der Waals surface area contributed by atoms with Crippen molar-refractivity contribution in [3.05, 3.63) is 107 Å². The number of amides is 4. The molecule has 0 aliphatic carbocycles. The molecule has 13 heteroatoms. The van der Waals surface area contributed by atoms with Gasteiger partial charge in [-0.25, -0.2) is 0 Å². The Kier molecular flexibility index (Phi) is 14.8. The normalized spacial score (nSPS) is 22.7. The van der Waals surface area contributed by atoms with Gasteiger partial charge in [-0.05, 0) is 79.1 Å². The van der Waals surface area contributed by atoms with Crippen molar-refractivity contribution in [1.82, 2.24) is 20.9 Å². The molecule has 3 aromatic rings. The second-order valence-electron chi connectivity index (χ2n) is 16.5. The molecule has 5 atom stereocenters. The first-order chi connectivity index (χ1) is 27.5. The second kappa shape index (κ2) is 19.2. The largest absolute Gasteiger partial charge is 0.398 e. The van der Waals surface area contributed by atoms with E-state index in [0.29, 0.717) is 41.4 Å². The summed E-state index contributed by atoms with van der Waals surface area (Å²) >= 11 is 12.4. The Labute approximate surface area is 353 Å². The quantitative estimate of drug-likeness (QED) is 0.142. The molecule has 2 aliphatic rings. The van der Waals surface area contributed by atoms with Crippen LogP contribution in [-0.2, 0) is 34.8 Å². The third-order valence-corrected chi connectivity index (χ3v) is 17.3. The number of fused-ring (bicyclic) bond motifs is 1. The minimum atomic E-state index is -2.94. The Hall–Kier alpha value is -4.29. The molecule has 0 bridgehead atoms. The smallest absolute Gasteiger partial charge is 0.262 e. The van der Waals surface area contributed by atoms with Gasteiger partial charge in [0.1, 0.15) is 29.8 Å². The zero-order valence-corrected chi connectivity index (χ0v) is 36.8. The van der Waals surface area contributed by atoms with Crippen molar-refractivity contribution in [1.29, 1.82) is 0 Å². The Morgan fingerprint density at radius 1 is 0.914 bits per heavy atom. The van der Waals surface area contributed by atoms with Crippen LogP contribution in [0.4, 0.5) is 0 Å². The van der Waals surface area contributed by atoms with Crippen LogP contribution in [0, 0.1) is 0 Å². The van der Waals surface area contributed by atoms with Crippen LogP contribution >= 0.6 is 23.2 Å². The van der Waals surface area contributed by atoms with E-state index in [2.05, 4.69) is 61.0 Å². The summed E-state index contributed by atoms with van der Waals surface area (Å²) in [5, 5.41) is 11.2. The van der Waals surface area contributed by atoms with Crippen LogP contribution in [0.1, 0.15) is 85.6 Å². The van der Waals surface area contributed by atoms with E-state index in [4.69, 9.17) is 27.6 Å². The SMILES string of the molecule is CC[C@]1(C)NC(=O)[C@H](CCC=CCC(=O)[C@@H](C)O[Si](c2ccccc2)(c2ccccc2)C(C)(C)C)NC(=O)[C@H]2CCCN2C(=O)C(Cc2ccc(Cl)c(Cl)c2)NC1=O. The van der Waals surface area contributed by atoms with Crippen molar-refractivity contribution in [2.75, 3.05) is 6.54 Å². The molecule has 0 spiro atoms. The molecule has 58 heavy (non-hydrogen) atoms. The van der Waals surface area contributed by atoms with Gasteiger partial charge in [0.15, 0.2) is 5.78 Å². The number of hydrogen-bond donors (Lipinski definition) is 3. The van der Waals surface area contributed by atoms with Crippen molar-refractivity contribution < 1.29 is 28.4 Å². The van der Waals surface area contributed by atoms with E-state index in [9.17, 15) is 24.0 Å². The molecule has 0 saturated carbocycles. The van der Waals surface area contributed by atoms with E-state index < -0.39 is 55.8 Å². The maximum atomic E-state index is 14.1. The Balaban J connectivity index is 1.29. The van der Waals surface area contributed by atoms with E-state index in [1.165, 1.54) is 4.90 Å². The minimum Gasteiger partial charge on any atom is -0.398 e. The molecule has 2 fully saturated rings. The van der Waals surface area contributed by atoms with Crippen molar-refractivity contribution in [3.63, 3.8) is 0 Å². The van der Waals surface area contributed by atoms with Crippen LogP contribution in [0.3, 0.4) is 0 Å². The van der Waals surface area contributed by atoms with Gasteiger partial charge in [0.05, 0.1) is 10.0 Å². The van der Waals surface area contributed by atoms with Crippen LogP contribution in [0.2, 0.25) is 15.1 Å². The van der Waals surface area contributed by atoms with Crippen LogP contribution in [0.5, 0.6) is 0 Å². The van der Waals surface area contributed by atoms with Gasteiger partial charge < -0.3 is 25.3 Å². The minimum absolute atomic E-state index is 0.0746. The maximum Gasteiger partial charge on any atom is 0.262 e. The molecule has 5 rings (SSSR count). The number of ketones is 1. The van der Waals surface area contributed by atoms with Gasteiger partial charge >= 0.3 is 0 Å². The first-order valence-corrected chi connectivity index (χ1v) is 22.8. The molecule has 3 N–H and O–H groups in total. The van der Waals surface area contributed by atoms with Gasteiger partial charge in [0.2, 0.25) is 23.6 Å². The summed E-state index contributed by atoms with van der Waals surface area (Å²) in [4.78, 5) is 70.9. The lowest BCUT2D eigenvalue weighted by Gasteiger charge is -2.44. The van der Waals surface area contributed by atoms with Crippen LogP contribution in [0.25, 0.3) is 0 Å². The fourth-order valence-electron chi connectivity index (χ4n) is 7.89. The molecule has 3 aromatic carbocycles. The molecule has 310 valence electrons.